The molecule has 0 aliphatic carbocycles. The molecule has 1 unspecified atom stereocenters. The van der Waals surface area contributed by atoms with Crippen LogP contribution in [0.4, 0.5) is 5.13 Å². The number of ether oxygens (including phenoxy) is 1. The van der Waals surface area contributed by atoms with E-state index >= 15 is 0 Å². The molecule has 3 aromatic rings. The summed E-state index contributed by atoms with van der Waals surface area (Å²) in [5, 5.41) is 10.3. The number of nitrogens with zero attached hydrogens (tertiary/aromatic N) is 2. The lowest BCUT2D eigenvalue weighted by Gasteiger charge is -2.08. The van der Waals surface area contributed by atoms with Gasteiger partial charge in [-0.25, -0.2) is 4.98 Å². The lowest BCUT2D eigenvalue weighted by molar-refractivity contribution is 0.114. The van der Waals surface area contributed by atoms with Gasteiger partial charge in [0.15, 0.2) is 0 Å². The molecular formula is C19H18N4OS. The van der Waals surface area contributed by atoms with E-state index in [0.29, 0.717) is 6.73 Å². The van der Waals surface area contributed by atoms with Gasteiger partial charge < -0.3 is 4.74 Å². The van der Waals surface area contributed by atoms with Crippen LogP contribution >= 0.6 is 11.3 Å². The minimum absolute atomic E-state index is 0.149. The summed E-state index contributed by atoms with van der Waals surface area (Å²) in [5.74, 6) is 0. The van der Waals surface area contributed by atoms with Gasteiger partial charge in [-0.1, -0.05) is 54.6 Å². The van der Waals surface area contributed by atoms with Gasteiger partial charge in [0, 0.05) is 17.5 Å². The van der Waals surface area contributed by atoms with Gasteiger partial charge in [0.25, 0.3) is 0 Å². The quantitative estimate of drug-likeness (QED) is 0.542. The molecule has 1 fully saturated rings. The second kappa shape index (κ2) is 7.57. The molecule has 0 bridgehead atoms. The third kappa shape index (κ3) is 3.93. The second-order valence-electron chi connectivity index (χ2n) is 5.69. The van der Waals surface area contributed by atoms with Gasteiger partial charge in [-0.05, 0) is 11.1 Å². The Kier molecular flexibility index (Phi) is 4.83. The summed E-state index contributed by atoms with van der Waals surface area (Å²) in [6.07, 6.45) is 1.94. The van der Waals surface area contributed by atoms with Crippen molar-refractivity contribution >= 4 is 22.7 Å². The number of anilines is 1. The van der Waals surface area contributed by atoms with E-state index in [-0.39, 0.29) is 6.10 Å². The maximum Gasteiger partial charge on any atom is 0.203 e. The molecule has 6 heteroatoms. The molecule has 5 nitrogen and oxygen atoms in total. The summed E-state index contributed by atoms with van der Waals surface area (Å²) in [6.45, 7) is 1.49. The number of hydrogen-bond acceptors (Lipinski definition) is 6. The van der Waals surface area contributed by atoms with Crippen LogP contribution in [0.3, 0.4) is 0 Å². The standard InChI is InChI=1S/C19H18N4OS/c1-2-4-15(5-3-1)17-12-25-19(22-17)23-21-10-14-6-8-16(9-7-14)18-11-20-13-24-18/h1-10,12,18,20H,11,13H2,(H,22,23). The van der Waals surface area contributed by atoms with E-state index in [9.17, 15) is 0 Å². The molecule has 4 rings (SSSR count). The zero-order valence-corrected chi connectivity index (χ0v) is 14.4. The Balaban J connectivity index is 1.37. The van der Waals surface area contributed by atoms with Gasteiger partial charge in [0.2, 0.25) is 5.13 Å². The fraction of sp³-hybridized carbons (Fsp3) is 0.158. The zero-order valence-electron chi connectivity index (χ0n) is 13.6. The summed E-state index contributed by atoms with van der Waals surface area (Å²) < 4.78 is 5.59. The summed E-state index contributed by atoms with van der Waals surface area (Å²) in [6, 6.07) is 18.4. The molecular weight excluding hydrogens is 332 g/mol. The SMILES string of the molecule is C(=NNc1nc(-c2ccccc2)cs1)c1ccc(C2CNCO2)cc1. The smallest absolute Gasteiger partial charge is 0.203 e. The molecule has 1 atom stereocenters. The first-order chi connectivity index (χ1) is 12.4. The molecule has 2 N–H and O–H groups in total. The molecule has 0 spiro atoms. The molecule has 2 heterocycles. The van der Waals surface area contributed by atoms with Crippen LogP contribution in [0.5, 0.6) is 0 Å². The highest BCUT2D eigenvalue weighted by Gasteiger charge is 2.16. The maximum atomic E-state index is 5.59. The lowest BCUT2D eigenvalue weighted by Crippen LogP contribution is -2.07. The van der Waals surface area contributed by atoms with Crippen molar-refractivity contribution in [1.82, 2.24) is 10.3 Å². The van der Waals surface area contributed by atoms with Crippen molar-refractivity contribution in [2.45, 2.75) is 6.10 Å². The van der Waals surface area contributed by atoms with Crippen molar-refractivity contribution in [3.05, 3.63) is 71.1 Å². The van der Waals surface area contributed by atoms with E-state index in [1.54, 1.807) is 6.21 Å². The third-order valence-electron chi connectivity index (χ3n) is 3.97. The Bertz CT molecular complexity index is 839. The molecule has 0 saturated carbocycles. The summed E-state index contributed by atoms with van der Waals surface area (Å²) >= 11 is 1.54. The number of rotatable bonds is 5. The van der Waals surface area contributed by atoms with Crippen molar-refractivity contribution in [2.75, 3.05) is 18.7 Å². The molecule has 1 saturated heterocycles. The summed E-state index contributed by atoms with van der Waals surface area (Å²) in [7, 11) is 0. The normalized spacial score (nSPS) is 17.2. The van der Waals surface area contributed by atoms with Crippen LogP contribution in [-0.4, -0.2) is 24.5 Å². The Hall–Kier alpha value is -2.54. The second-order valence-corrected chi connectivity index (χ2v) is 6.55. The minimum atomic E-state index is 0.149. The van der Waals surface area contributed by atoms with Crippen molar-refractivity contribution in [1.29, 1.82) is 0 Å². The van der Waals surface area contributed by atoms with E-state index in [4.69, 9.17) is 4.74 Å². The van der Waals surface area contributed by atoms with Crippen molar-refractivity contribution in [3.63, 3.8) is 0 Å². The van der Waals surface area contributed by atoms with Crippen LogP contribution in [0.2, 0.25) is 0 Å². The average Bonchev–Trinajstić information content (AvgIpc) is 3.35. The number of hydrazone groups is 1. The predicted octanol–water partition coefficient (Wildman–Crippen LogP) is 3.87. The van der Waals surface area contributed by atoms with E-state index < -0.39 is 0 Å². The van der Waals surface area contributed by atoms with Crippen LogP contribution in [0.15, 0.2) is 65.1 Å². The van der Waals surface area contributed by atoms with Crippen LogP contribution in [0.1, 0.15) is 17.2 Å². The van der Waals surface area contributed by atoms with Crippen molar-refractivity contribution < 1.29 is 4.74 Å². The fourth-order valence-electron chi connectivity index (χ4n) is 2.65. The molecule has 1 aromatic heterocycles. The third-order valence-corrected chi connectivity index (χ3v) is 4.72. The van der Waals surface area contributed by atoms with Crippen LogP contribution in [0.25, 0.3) is 11.3 Å². The van der Waals surface area contributed by atoms with Gasteiger partial charge in [-0.15, -0.1) is 11.3 Å². The van der Waals surface area contributed by atoms with Crippen LogP contribution in [0, 0.1) is 0 Å². The topological polar surface area (TPSA) is 58.5 Å². The van der Waals surface area contributed by atoms with E-state index in [0.717, 1.165) is 28.5 Å². The highest BCUT2D eigenvalue weighted by molar-refractivity contribution is 7.14. The van der Waals surface area contributed by atoms with E-state index in [2.05, 4.69) is 33.0 Å². The van der Waals surface area contributed by atoms with Gasteiger partial charge >= 0.3 is 0 Å². The van der Waals surface area contributed by atoms with Gasteiger partial charge in [-0.2, -0.15) is 5.10 Å². The molecule has 25 heavy (non-hydrogen) atoms. The number of benzene rings is 2. The maximum absolute atomic E-state index is 5.59. The molecule has 0 amide bonds. The lowest BCUT2D eigenvalue weighted by atomic mass is 10.1. The van der Waals surface area contributed by atoms with Gasteiger partial charge in [0.1, 0.15) is 0 Å². The van der Waals surface area contributed by atoms with Crippen molar-refractivity contribution in [3.8, 4) is 11.3 Å². The highest BCUT2D eigenvalue weighted by Crippen LogP contribution is 2.24. The van der Waals surface area contributed by atoms with Crippen molar-refractivity contribution in [2.24, 2.45) is 5.10 Å². The molecule has 2 aromatic carbocycles. The molecule has 126 valence electrons. The number of hydrogen-bond donors (Lipinski definition) is 2. The first-order valence-electron chi connectivity index (χ1n) is 8.11. The Labute approximate surface area is 150 Å². The molecule has 1 aliphatic rings. The monoisotopic (exact) mass is 350 g/mol. The van der Waals surface area contributed by atoms with Crippen LogP contribution in [-0.2, 0) is 4.74 Å². The minimum Gasteiger partial charge on any atom is -0.357 e. The average molecular weight is 350 g/mol. The number of thiazole rings is 1. The number of nitrogens with one attached hydrogen (secondary N) is 2. The first-order valence-corrected chi connectivity index (χ1v) is 8.99. The first kappa shape index (κ1) is 16.0. The largest absolute Gasteiger partial charge is 0.357 e. The Morgan fingerprint density at radius 1 is 1.16 bits per heavy atom. The molecule has 0 radical (unpaired) electrons. The van der Waals surface area contributed by atoms with E-state index in [1.807, 2.05) is 47.8 Å². The highest BCUT2D eigenvalue weighted by atomic mass is 32.1. The summed E-state index contributed by atoms with van der Waals surface area (Å²) in [5.41, 5.74) is 7.27. The van der Waals surface area contributed by atoms with Crippen LogP contribution < -0.4 is 10.7 Å². The van der Waals surface area contributed by atoms with Gasteiger partial charge in [0.05, 0.1) is 24.7 Å². The predicted molar refractivity (Wildman–Crippen MR) is 102 cm³/mol. The van der Waals surface area contributed by atoms with E-state index in [1.165, 1.54) is 16.9 Å². The van der Waals surface area contributed by atoms with Gasteiger partial charge in [-0.3, -0.25) is 10.7 Å². The Morgan fingerprint density at radius 2 is 2.00 bits per heavy atom. The Morgan fingerprint density at radius 3 is 2.76 bits per heavy atom. The number of aromatic nitrogens is 1. The molecule has 1 aliphatic heterocycles. The summed E-state index contributed by atoms with van der Waals surface area (Å²) in [4.78, 5) is 4.55. The fourth-order valence-corrected chi connectivity index (χ4v) is 3.32. The zero-order chi connectivity index (χ0) is 16.9.